The quantitative estimate of drug-likeness (QED) is 0.334. The number of hydrogen-bond acceptors (Lipinski definition) is 7. The van der Waals surface area contributed by atoms with E-state index in [0.717, 1.165) is 12.1 Å². The van der Waals surface area contributed by atoms with Crippen LogP contribution < -0.4 is 15.4 Å². The number of carbonyl (C=O) groups excluding carboxylic acids is 2. The average Bonchev–Trinajstić information content (AvgIpc) is 3.01. The summed E-state index contributed by atoms with van der Waals surface area (Å²) in [7, 11) is 0. The number of benzene rings is 1. The highest BCUT2D eigenvalue weighted by Crippen LogP contribution is 2.44. The molecule has 226 valence electrons. The van der Waals surface area contributed by atoms with Crippen molar-refractivity contribution >= 4 is 45.8 Å². The number of rotatable bonds is 4. The monoisotopic (exact) mass is 619 g/mol. The van der Waals surface area contributed by atoms with Crippen LogP contribution in [0.4, 0.5) is 15.8 Å². The number of amides is 2. The number of halogens is 2. The van der Waals surface area contributed by atoms with E-state index in [-0.39, 0.29) is 58.6 Å². The molecule has 2 aliphatic heterocycles. The van der Waals surface area contributed by atoms with Crippen molar-refractivity contribution in [1.82, 2.24) is 19.4 Å². The van der Waals surface area contributed by atoms with E-state index in [4.69, 9.17) is 20.7 Å². The number of anilines is 2. The predicted octanol–water partition coefficient (Wildman–Crippen LogP) is 4.56. The second-order valence-electron chi connectivity index (χ2n) is 11.0. The molecule has 0 unspecified atom stereocenters. The third-order valence-electron chi connectivity index (χ3n) is 8.09. The van der Waals surface area contributed by atoms with Crippen LogP contribution in [0.2, 0.25) is 5.02 Å². The molecule has 1 aromatic carbocycles. The minimum atomic E-state index is -3.10. The van der Waals surface area contributed by atoms with Crippen molar-refractivity contribution in [3.05, 3.63) is 81.6 Å². The first-order valence-electron chi connectivity index (χ1n) is 15.4. The Morgan fingerprint density at radius 3 is 2.68 bits per heavy atom. The number of likely N-dealkylation sites (N-methyl/N-ethyl adjacent to an activating group) is 1. The Hall–Kier alpha value is -4.77. The lowest BCUT2D eigenvalue weighted by molar-refractivity contribution is -0.128. The number of phenols is 1. The minimum absolute atomic E-state index is 0.0306. The molecule has 3 aromatic heterocycles. The Labute approximate surface area is 261 Å². The Kier molecular flexibility index (Phi) is 6.28. The third kappa shape index (κ3) is 4.33. The molecule has 1 saturated heterocycles. The molecular formula is C32H30ClFN6O4. The van der Waals surface area contributed by atoms with Gasteiger partial charge in [0.25, 0.3) is 11.5 Å². The van der Waals surface area contributed by atoms with Crippen molar-refractivity contribution in [2.75, 3.05) is 36.4 Å². The van der Waals surface area contributed by atoms with Crippen LogP contribution in [0, 0.1) is 12.7 Å². The predicted molar refractivity (Wildman–Crippen MR) is 167 cm³/mol. The molecular weight excluding hydrogens is 587 g/mol. The van der Waals surface area contributed by atoms with E-state index in [1.165, 1.54) is 27.7 Å². The molecule has 1 fully saturated rings. The van der Waals surface area contributed by atoms with E-state index in [0.29, 0.717) is 21.8 Å². The molecule has 2 amide bonds. The van der Waals surface area contributed by atoms with E-state index < -0.39 is 47.6 Å². The number of aryl methyl sites for hydroxylation is 1. The zero-order chi connectivity index (χ0) is 34.1. The number of aromatic hydroxyl groups is 1. The van der Waals surface area contributed by atoms with E-state index in [1.807, 2.05) is 13.8 Å². The summed E-state index contributed by atoms with van der Waals surface area (Å²) in [6.45, 7) is 5.95. The van der Waals surface area contributed by atoms with E-state index >= 15 is 4.39 Å². The first-order valence-corrected chi connectivity index (χ1v) is 14.3. The summed E-state index contributed by atoms with van der Waals surface area (Å²) in [6.07, 6.45) is 2.69. The summed E-state index contributed by atoms with van der Waals surface area (Å²) < 4.78 is 41.6. The van der Waals surface area contributed by atoms with Gasteiger partial charge < -0.3 is 19.8 Å². The highest BCUT2D eigenvalue weighted by atomic mass is 35.5. The second kappa shape index (κ2) is 10.7. The summed E-state index contributed by atoms with van der Waals surface area (Å²) in [5.41, 5.74) is -0.314. The molecule has 1 atom stereocenters. The fraction of sp³-hybridized carbons (Fsp3) is 0.281. The van der Waals surface area contributed by atoms with Crippen LogP contribution in [-0.2, 0) is 9.59 Å². The van der Waals surface area contributed by atoms with Crippen molar-refractivity contribution in [2.45, 2.75) is 32.7 Å². The van der Waals surface area contributed by atoms with Crippen LogP contribution in [0.15, 0.2) is 54.0 Å². The first kappa shape index (κ1) is 25.7. The van der Waals surface area contributed by atoms with Crippen molar-refractivity contribution in [2.24, 2.45) is 0 Å². The molecule has 0 radical (unpaired) electrons. The fourth-order valence-electron chi connectivity index (χ4n) is 6.01. The number of hydrogen-bond donors (Lipinski definition) is 1. The minimum Gasteiger partial charge on any atom is -0.507 e. The van der Waals surface area contributed by atoms with Gasteiger partial charge in [-0.1, -0.05) is 38.1 Å². The molecule has 10 nitrogen and oxygen atoms in total. The molecule has 2 aliphatic rings. The molecule has 5 heterocycles. The van der Waals surface area contributed by atoms with Gasteiger partial charge in [0.15, 0.2) is 5.65 Å². The maximum Gasteiger partial charge on any atom is 0.283 e. The number of aromatic nitrogens is 3. The van der Waals surface area contributed by atoms with Crippen molar-refractivity contribution in [3.8, 4) is 22.7 Å². The maximum atomic E-state index is 15.2. The molecule has 44 heavy (non-hydrogen) atoms. The lowest BCUT2D eigenvalue weighted by atomic mass is 9.99. The summed E-state index contributed by atoms with van der Waals surface area (Å²) in [5, 5.41) is 10.7. The lowest BCUT2D eigenvalue weighted by Crippen LogP contribution is -2.63. The van der Waals surface area contributed by atoms with Gasteiger partial charge in [-0.3, -0.25) is 23.9 Å². The topological polar surface area (TPSA) is 112 Å². The third-order valence-corrected chi connectivity index (χ3v) is 8.38. The highest BCUT2D eigenvalue weighted by Gasteiger charge is 2.44. The summed E-state index contributed by atoms with van der Waals surface area (Å²) in [5.74, 6) is -2.79. The zero-order valence-corrected chi connectivity index (χ0v) is 24.9. The van der Waals surface area contributed by atoms with Crippen LogP contribution in [-0.4, -0.2) is 69.0 Å². The number of pyridine rings is 3. The van der Waals surface area contributed by atoms with Gasteiger partial charge in [-0.2, -0.15) is 0 Å². The second-order valence-corrected chi connectivity index (χ2v) is 11.5. The summed E-state index contributed by atoms with van der Waals surface area (Å²) in [6, 6.07) is 5.66. The molecule has 4 aromatic rings. The van der Waals surface area contributed by atoms with Gasteiger partial charge in [0.1, 0.15) is 23.3 Å². The molecule has 0 aliphatic carbocycles. The number of piperazine rings is 1. The number of carbonyl (C=O) groups is 2. The van der Waals surface area contributed by atoms with Crippen molar-refractivity contribution in [3.63, 3.8) is 0 Å². The van der Waals surface area contributed by atoms with Crippen LogP contribution in [0.5, 0.6) is 5.75 Å². The van der Waals surface area contributed by atoms with E-state index in [1.54, 1.807) is 24.1 Å². The molecule has 0 saturated carbocycles. The van der Waals surface area contributed by atoms with Crippen molar-refractivity contribution in [1.29, 1.82) is 0 Å². The Bertz CT molecular complexity index is 2050. The van der Waals surface area contributed by atoms with Gasteiger partial charge >= 0.3 is 0 Å². The largest absolute Gasteiger partial charge is 0.507 e. The van der Waals surface area contributed by atoms with Crippen LogP contribution in [0.1, 0.15) is 35.1 Å². The molecule has 0 bridgehead atoms. The van der Waals surface area contributed by atoms with Crippen LogP contribution >= 0.6 is 11.6 Å². The fourth-order valence-corrected chi connectivity index (χ4v) is 6.26. The SMILES string of the molecule is [2H]C([2H])([2H])N1C(=O)[C@H]2CN(C(=O)C=C)CCN2c2c1c(=O)n(-c1c(C)ccnc1C(C)C)c1nc(-c3c(O)cccc3F)c(Cl)cc21. The standard InChI is InChI=1S/C32H30ClFN6O4/c1-6-23(42)38-12-13-39-21(15-38)31(43)37(5)29-28(39)18-14-19(33)26(24-20(34)8-7-9-22(24)41)36-30(18)40(32(29)44)27-17(4)10-11-35-25(27)16(2)3/h6-11,14,16,21,41H,1,12-13,15H2,2-5H3/t21-/m1/s1/i5D3. The van der Waals surface area contributed by atoms with E-state index in [9.17, 15) is 19.5 Å². The Balaban J connectivity index is 1.80. The van der Waals surface area contributed by atoms with Gasteiger partial charge in [-0.05, 0) is 48.7 Å². The summed E-state index contributed by atoms with van der Waals surface area (Å²) >= 11 is 6.77. The van der Waals surface area contributed by atoms with Gasteiger partial charge in [0.05, 0.1) is 39.9 Å². The number of nitrogens with zero attached hydrogens (tertiary/aromatic N) is 6. The van der Waals surface area contributed by atoms with Crippen molar-refractivity contribution < 1.29 is 23.2 Å². The van der Waals surface area contributed by atoms with Gasteiger partial charge in [-0.15, -0.1) is 0 Å². The van der Waals surface area contributed by atoms with Crippen LogP contribution in [0.25, 0.3) is 28.0 Å². The highest BCUT2D eigenvalue weighted by molar-refractivity contribution is 6.34. The van der Waals surface area contributed by atoms with Crippen LogP contribution in [0.3, 0.4) is 0 Å². The number of phenolic OH excluding ortho intramolecular Hbond substituents is 1. The Morgan fingerprint density at radius 1 is 1.23 bits per heavy atom. The molecule has 1 N–H and O–H groups in total. The molecule has 12 heteroatoms. The zero-order valence-electron chi connectivity index (χ0n) is 27.1. The average molecular weight is 620 g/mol. The summed E-state index contributed by atoms with van der Waals surface area (Å²) in [4.78, 5) is 54.2. The molecule has 0 spiro atoms. The molecule has 6 rings (SSSR count). The first-order chi connectivity index (χ1) is 22.2. The smallest absolute Gasteiger partial charge is 0.283 e. The van der Waals surface area contributed by atoms with Gasteiger partial charge in [0.2, 0.25) is 5.91 Å². The lowest BCUT2D eigenvalue weighted by Gasteiger charge is -2.47. The van der Waals surface area contributed by atoms with E-state index in [2.05, 4.69) is 11.6 Å². The Morgan fingerprint density at radius 2 is 2.00 bits per heavy atom. The normalized spacial score (nSPS) is 17.7. The van der Waals surface area contributed by atoms with Gasteiger partial charge in [-0.25, -0.2) is 9.37 Å². The number of fused-ring (bicyclic) bond motifs is 5. The maximum absolute atomic E-state index is 15.2. The van der Waals surface area contributed by atoms with Gasteiger partial charge in [0, 0.05) is 35.8 Å².